The zero-order valence-corrected chi connectivity index (χ0v) is 21.4. The molecule has 2 heterocycles. The number of aliphatic hydroxyl groups is 1. The smallest absolute Gasteiger partial charge is 0.343 e. The molecule has 0 amide bonds. The summed E-state index contributed by atoms with van der Waals surface area (Å²) in [6.45, 7) is 0. The molecule has 4 aromatic rings. The van der Waals surface area contributed by atoms with E-state index in [1.54, 1.807) is 0 Å². The molecule has 4 aromatic carbocycles. The van der Waals surface area contributed by atoms with Gasteiger partial charge in [-0.3, -0.25) is 4.79 Å². The number of hydrogen-bond acceptors (Lipinski definition) is 5. The molecule has 194 valence electrons. The van der Waals surface area contributed by atoms with Crippen LogP contribution in [0.5, 0.6) is 0 Å². The maximum absolute atomic E-state index is 14.2. The molecule has 2 saturated heterocycles. The van der Waals surface area contributed by atoms with Gasteiger partial charge in [-0.25, -0.2) is 4.79 Å². The molecule has 5 nitrogen and oxygen atoms in total. The lowest BCUT2D eigenvalue weighted by Crippen LogP contribution is -2.79. The summed E-state index contributed by atoms with van der Waals surface area (Å²) >= 11 is 0. The highest BCUT2D eigenvalue weighted by molar-refractivity contribution is 5.91. The van der Waals surface area contributed by atoms with Crippen molar-refractivity contribution >= 4 is 11.9 Å². The van der Waals surface area contributed by atoms with Crippen LogP contribution in [0.4, 0.5) is 0 Å². The number of carbonyl (C=O) groups excluding carboxylic acids is 2. The van der Waals surface area contributed by atoms with Crippen LogP contribution >= 0.6 is 0 Å². The van der Waals surface area contributed by atoms with Crippen LogP contribution in [-0.2, 0) is 43.7 Å². The Morgan fingerprint density at radius 3 is 1.87 bits per heavy atom. The van der Waals surface area contributed by atoms with Gasteiger partial charge in [-0.05, 0) is 27.8 Å². The molecule has 3 aliphatic rings. The number of benzene rings is 4. The summed E-state index contributed by atoms with van der Waals surface area (Å²) in [6, 6.07) is 36.9. The van der Waals surface area contributed by atoms with Crippen LogP contribution in [-0.4, -0.2) is 33.8 Å². The Kier molecular flexibility index (Phi) is 5.13. The van der Waals surface area contributed by atoms with Crippen molar-refractivity contribution < 1.29 is 24.2 Å². The van der Waals surface area contributed by atoms with E-state index in [0.29, 0.717) is 0 Å². The van der Waals surface area contributed by atoms with Crippen LogP contribution in [0.1, 0.15) is 34.2 Å². The van der Waals surface area contributed by atoms with Crippen LogP contribution < -0.4 is 0 Å². The Morgan fingerprint density at radius 1 is 0.641 bits per heavy atom. The molecule has 0 aromatic heterocycles. The zero-order valence-electron chi connectivity index (χ0n) is 21.4. The van der Waals surface area contributed by atoms with Crippen molar-refractivity contribution in [3.63, 3.8) is 0 Å². The molecule has 2 fully saturated rings. The van der Waals surface area contributed by atoms with Crippen molar-refractivity contribution in [2.24, 2.45) is 0 Å². The van der Waals surface area contributed by atoms with Crippen LogP contribution in [0.2, 0.25) is 0 Å². The average molecular weight is 517 g/mol. The predicted octanol–water partition coefficient (Wildman–Crippen LogP) is 4.73. The Morgan fingerprint density at radius 2 is 1.21 bits per heavy atom. The fraction of sp³-hybridized carbons (Fsp3) is 0.235. The Hall–Kier alpha value is -4.22. The lowest BCUT2D eigenvalue weighted by Gasteiger charge is -2.62. The molecule has 4 atom stereocenters. The van der Waals surface area contributed by atoms with Gasteiger partial charge >= 0.3 is 11.9 Å². The van der Waals surface area contributed by atoms with E-state index in [0.717, 1.165) is 27.8 Å². The van der Waals surface area contributed by atoms with Gasteiger partial charge in [-0.2, -0.15) is 0 Å². The van der Waals surface area contributed by atoms with Crippen molar-refractivity contribution in [1.82, 2.24) is 0 Å². The summed E-state index contributed by atoms with van der Waals surface area (Å²) in [5.41, 5.74) is -1.85. The SMILES string of the molecule is O=C1C[C@@]2(c3ccccc3)c3ccccc3C[C@@]3(O1)[C@@]2(Cc1ccccc1)OC(=O)[C@]3(O)Cc1ccccc1. The number of esters is 2. The molecule has 39 heavy (non-hydrogen) atoms. The fourth-order valence-corrected chi connectivity index (χ4v) is 7.54. The minimum Gasteiger partial charge on any atom is -0.451 e. The minimum atomic E-state index is -2.10. The molecule has 1 aliphatic carbocycles. The molecule has 1 N–H and O–H groups in total. The van der Waals surface area contributed by atoms with Crippen molar-refractivity contribution in [1.29, 1.82) is 0 Å². The van der Waals surface area contributed by atoms with E-state index >= 15 is 0 Å². The number of hydrogen-bond donors (Lipinski definition) is 1. The highest BCUT2D eigenvalue weighted by Gasteiger charge is 2.86. The van der Waals surface area contributed by atoms with E-state index in [4.69, 9.17) is 9.47 Å². The summed E-state index contributed by atoms with van der Waals surface area (Å²) in [7, 11) is 0. The first kappa shape index (κ1) is 23.9. The quantitative estimate of drug-likeness (QED) is 0.389. The molecule has 7 rings (SSSR count). The van der Waals surface area contributed by atoms with Gasteiger partial charge in [0.1, 0.15) is 0 Å². The predicted molar refractivity (Wildman–Crippen MR) is 145 cm³/mol. The first-order valence-corrected chi connectivity index (χ1v) is 13.3. The summed E-state index contributed by atoms with van der Waals surface area (Å²) in [4.78, 5) is 27.9. The van der Waals surface area contributed by atoms with Gasteiger partial charge < -0.3 is 14.6 Å². The summed E-state index contributed by atoms with van der Waals surface area (Å²) in [5, 5.41) is 12.6. The topological polar surface area (TPSA) is 72.8 Å². The van der Waals surface area contributed by atoms with Gasteiger partial charge in [-0.1, -0.05) is 115 Å². The summed E-state index contributed by atoms with van der Waals surface area (Å²) in [6.07, 6.45) is 0.374. The molecule has 2 bridgehead atoms. The molecule has 5 heteroatoms. The molecule has 0 unspecified atom stereocenters. The second kappa shape index (κ2) is 8.39. The van der Waals surface area contributed by atoms with E-state index in [9.17, 15) is 14.7 Å². The molecule has 0 spiro atoms. The highest BCUT2D eigenvalue weighted by Crippen LogP contribution is 2.67. The van der Waals surface area contributed by atoms with Crippen molar-refractivity contribution in [2.45, 2.75) is 47.9 Å². The first-order chi connectivity index (χ1) is 18.9. The van der Waals surface area contributed by atoms with Gasteiger partial charge in [0.2, 0.25) is 5.60 Å². The average Bonchev–Trinajstić information content (AvgIpc) is 3.13. The van der Waals surface area contributed by atoms with Gasteiger partial charge in [0.15, 0.2) is 11.2 Å². The third-order valence-electron chi connectivity index (χ3n) is 9.09. The van der Waals surface area contributed by atoms with Crippen molar-refractivity contribution in [2.75, 3.05) is 0 Å². The minimum absolute atomic E-state index is 0.0166. The third-order valence-corrected chi connectivity index (χ3v) is 9.09. The van der Waals surface area contributed by atoms with Crippen molar-refractivity contribution in [3.8, 4) is 0 Å². The molecule has 0 saturated carbocycles. The third kappa shape index (κ3) is 3.05. The lowest BCUT2D eigenvalue weighted by atomic mass is 9.46. The Bertz CT molecular complexity index is 1570. The molecular formula is C34H28O5. The van der Waals surface area contributed by atoms with E-state index in [1.807, 2.05) is 115 Å². The zero-order chi connectivity index (χ0) is 26.7. The standard InChI is InChI=1S/C34H28O5/c35-29-23-31(27-17-8-3-9-18-27)28-19-11-10-16-26(28)22-34(38-29)32(37,20-24-12-4-1-5-13-24)30(36)39-33(31,34)21-25-14-6-2-7-15-25/h1-19,37H,20-23H2/t31-,32-,33+,34+/m1/s1. The summed E-state index contributed by atoms with van der Waals surface area (Å²) < 4.78 is 13.0. The monoisotopic (exact) mass is 516 g/mol. The Labute approximate surface area is 227 Å². The van der Waals surface area contributed by atoms with E-state index in [-0.39, 0.29) is 25.7 Å². The molecular weight excluding hydrogens is 488 g/mol. The highest BCUT2D eigenvalue weighted by atomic mass is 16.7. The van der Waals surface area contributed by atoms with Gasteiger partial charge in [0.05, 0.1) is 11.8 Å². The molecule has 0 radical (unpaired) electrons. The Balaban J connectivity index is 1.58. The van der Waals surface area contributed by atoms with Gasteiger partial charge in [-0.15, -0.1) is 0 Å². The normalized spacial score (nSPS) is 30.6. The van der Waals surface area contributed by atoms with E-state index < -0.39 is 34.2 Å². The lowest BCUT2D eigenvalue weighted by molar-refractivity contribution is -0.248. The number of ether oxygens (including phenoxy) is 2. The molecule has 2 aliphatic heterocycles. The summed E-state index contributed by atoms with van der Waals surface area (Å²) in [5.74, 6) is -1.22. The second-order valence-electron chi connectivity index (χ2n) is 11.0. The first-order valence-electron chi connectivity index (χ1n) is 13.3. The maximum atomic E-state index is 14.2. The van der Waals surface area contributed by atoms with Crippen LogP contribution in [0, 0.1) is 0 Å². The van der Waals surface area contributed by atoms with Crippen LogP contribution in [0.3, 0.4) is 0 Å². The second-order valence-corrected chi connectivity index (χ2v) is 11.0. The maximum Gasteiger partial charge on any atom is 0.343 e. The van der Waals surface area contributed by atoms with Crippen LogP contribution in [0.25, 0.3) is 0 Å². The number of fused-ring (bicyclic) bond motifs is 2. The largest absolute Gasteiger partial charge is 0.451 e. The van der Waals surface area contributed by atoms with E-state index in [1.165, 1.54) is 0 Å². The van der Waals surface area contributed by atoms with Crippen LogP contribution in [0.15, 0.2) is 115 Å². The number of carbonyl (C=O) groups is 2. The fourth-order valence-electron chi connectivity index (χ4n) is 7.54. The van der Waals surface area contributed by atoms with E-state index in [2.05, 4.69) is 0 Å². The van der Waals surface area contributed by atoms with Crippen molar-refractivity contribution in [3.05, 3.63) is 143 Å². The van der Waals surface area contributed by atoms with Gasteiger partial charge in [0.25, 0.3) is 0 Å². The number of rotatable bonds is 5. The van der Waals surface area contributed by atoms with Gasteiger partial charge in [0, 0.05) is 19.3 Å².